The van der Waals surface area contributed by atoms with Gasteiger partial charge in [-0.3, -0.25) is 4.79 Å². The van der Waals surface area contributed by atoms with Crippen LogP contribution in [0.2, 0.25) is 0 Å². The van der Waals surface area contributed by atoms with Crippen LogP contribution in [0.15, 0.2) is 48.5 Å². The van der Waals surface area contributed by atoms with E-state index in [9.17, 15) is 19.5 Å². The number of hydrogen-bond donors (Lipinski definition) is 2. The van der Waals surface area contributed by atoms with Gasteiger partial charge in [-0.05, 0) is 49.9 Å². The summed E-state index contributed by atoms with van der Waals surface area (Å²) in [5.41, 5.74) is 2.76. The van der Waals surface area contributed by atoms with Gasteiger partial charge in [0.15, 0.2) is 0 Å². The molecule has 1 aliphatic heterocycles. The Hall–Kier alpha value is -3.55. The molecule has 35 heavy (non-hydrogen) atoms. The summed E-state index contributed by atoms with van der Waals surface area (Å²) in [6.07, 6.45) is -1.41. The zero-order chi connectivity index (χ0) is 25.4. The Labute approximate surface area is 205 Å². The van der Waals surface area contributed by atoms with E-state index in [1.165, 1.54) is 4.90 Å². The molecule has 2 amide bonds. The highest BCUT2D eigenvalue weighted by Crippen LogP contribution is 2.44. The van der Waals surface area contributed by atoms with Crippen molar-refractivity contribution in [1.29, 1.82) is 0 Å². The molecule has 1 atom stereocenters. The van der Waals surface area contributed by atoms with Gasteiger partial charge in [0.1, 0.15) is 12.2 Å². The summed E-state index contributed by atoms with van der Waals surface area (Å²) in [7, 11) is 0. The molecule has 1 aliphatic carbocycles. The van der Waals surface area contributed by atoms with Crippen molar-refractivity contribution < 1.29 is 29.0 Å². The van der Waals surface area contributed by atoms with E-state index in [0.717, 1.165) is 22.3 Å². The predicted octanol–water partition coefficient (Wildman–Crippen LogP) is 4.63. The maximum absolute atomic E-state index is 12.8. The molecule has 8 nitrogen and oxygen atoms in total. The second kappa shape index (κ2) is 9.24. The summed E-state index contributed by atoms with van der Waals surface area (Å²) in [4.78, 5) is 38.2. The molecule has 186 valence electrons. The van der Waals surface area contributed by atoms with Gasteiger partial charge in [0.25, 0.3) is 0 Å². The molecule has 0 saturated carbocycles. The number of aliphatic carboxylic acids is 1. The lowest BCUT2D eigenvalue weighted by Crippen LogP contribution is -2.65. The van der Waals surface area contributed by atoms with Gasteiger partial charge in [-0.15, -0.1) is 0 Å². The number of hydrogen-bond acceptors (Lipinski definition) is 5. The predicted molar refractivity (Wildman–Crippen MR) is 130 cm³/mol. The molecule has 1 saturated heterocycles. The summed E-state index contributed by atoms with van der Waals surface area (Å²) in [6.45, 7) is 7.77. The van der Waals surface area contributed by atoms with Crippen molar-refractivity contribution in [2.45, 2.75) is 51.2 Å². The minimum Gasteiger partial charge on any atom is -0.481 e. The topological polar surface area (TPSA) is 105 Å². The first-order chi connectivity index (χ1) is 16.5. The van der Waals surface area contributed by atoms with Crippen molar-refractivity contribution in [3.8, 4) is 11.1 Å². The Morgan fingerprint density at radius 1 is 0.971 bits per heavy atom. The normalized spacial score (nSPS) is 17.0. The standard InChI is InChI=1S/C27H32N2O6/c1-26(2,3)35-25(33)29-14-17(15-29)27(4,13-23(30)31)28-24(32)34-16-22-20-11-7-5-9-18(20)19-10-6-8-12-21(19)22/h5-12,17,22H,13-16H2,1-4H3,(H,28,32)(H,30,31). The van der Waals surface area contributed by atoms with Crippen LogP contribution in [-0.2, 0) is 14.3 Å². The maximum Gasteiger partial charge on any atom is 0.410 e. The zero-order valence-corrected chi connectivity index (χ0v) is 20.5. The van der Waals surface area contributed by atoms with Crippen LogP contribution in [0.1, 0.15) is 51.2 Å². The molecular formula is C27H32N2O6. The van der Waals surface area contributed by atoms with E-state index >= 15 is 0 Å². The summed E-state index contributed by atoms with van der Waals surface area (Å²) in [5, 5.41) is 12.3. The van der Waals surface area contributed by atoms with Crippen LogP contribution in [0.3, 0.4) is 0 Å². The van der Waals surface area contributed by atoms with Gasteiger partial charge in [-0.1, -0.05) is 48.5 Å². The molecule has 0 aromatic heterocycles. The molecule has 2 aromatic carbocycles. The van der Waals surface area contributed by atoms with Crippen molar-refractivity contribution in [2.75, 3.05) is 19.7 Å². The minimum atomic E-state index is -1.08. The number of carboxylic acid groups (broad SMARTS) is 1. The summed E-state index contributed by atoms with van der Waals surface area (Å²) in [6, 6.07) is 16.1. The average molecular weight is 481 g/mol. The van der Waals surface area contributed by atoms with E-state index < -0.39 is 29.3 Å². The van der Waals surface area contributed by atoms with Crippen LogP contribution in [0.5, 0.6) is 0 Å². The van der Waals surface area contributed by atoms with Gasteiger partial charge in [-0.25, -0.2) is 9.59 Å². The number of benzene rings is 2. The number of nitrogens with one attached hydrogen (secondary N) is 1. The summed E-state index contributed by atoms with van der Waals surface area (Å²) < 4.78 is 11.0. The fourth-order valence-electron chi connectivity index (χ4n) is 4.83. The molecule has 4 rings (SSSR count). The van der Waals surface area contributed by atoms with Crippen LogP contribution >= 0.6 is 0 Å². The first-order valence-corrected chi connectivity index (χ1v) is 11.8. The Bertz CT molecular complexity index is 1090. The number of ether oxygens (including phenoxy) is 2. The molecule has 2 aliphatic rings. The fraction of sp³-hybridized carbons (Fsp3) is 0.444. The van der Waals surface area contributed by atoms with E-state index in [1.54, 1.807) is 27.7 Å². The lowest BCUT2D eigenvalue weighted by molar-refractivity contribution is -0.139. The second-order valence-electron chi connectivity index (χ2n) is 10.5. The largest absolute Gasteiger partial charge is 0.481 e. The van der Waals surface area contributed by atoms with Gasteiger partial charge in [0, 0.05) is 24.9 Å². The number of amides is 2. The number of nitrogens with zero attached hydrogens (tertiary/aromatic N) is 1. The Balaban J connectivity index is 1.40. The van der Waals surface area contributed by atoms with E-state index in [4.69, 9.17) is 9.47 Å². The van der Waals surface area contributed by atoms with E-state index in [-0.39, 0.29) is 24.9 Å². The third kappa shape index (κ3) is 5.26. The highest BCUT2D eigenvalue weighted by atomic mass is 16.6. The number of fused-ring (bicyclic) bond motifs is 3. The van der Waals surface area contributed by atoms with Crippen LogP contribution in [0.4, 0.5) is 9.59 Å². The molecule has 1 heterocycles. The van der Waals surface area contributed by atoms with Crippen molar-refractivity contribution in [1.82, 2.24) is 10.2 Å². The smallest absolute Gasteiger partial charge is 0.410 e. The molecule has 1 unspecified atom stereocenters. The maximum atomic E-state index is 12.8. The summed E-state index contributed by atoms with van der Waals surface area (Å²) >= 11 is 0. The van der Waals surface area contributed by atoms with Gasteiger partial charge < -0.3 is 24.8 Å². The van der Waals surface area contributed by atoms with Gasteiger partial charge in [0.2, 0.25) is 0 Å². The highest BCUT2D eigenvalue weighted by molar-refractivity contribution is 5.79. The van der Waals surface area contributed by atoms with Crippen molar-refractivity contribution in [3.63, 3.8) is 0 Å². The monoisotopic (exact) mass is 480 g/mol. The van der Waals surface area contributed by atoms with Gasteiger partial charge in [-0.2, -0.15) is 0 Å². The number of rotatable bonds is 6. The van der Waals surface area contributed by atoms with Crippen molar-refractivity contribution >= 4 is 18.2 Å². The molecule has 0 spiro atoms. The van der Waals surface area contributed by atoms with Crippen LogP contribution < -0.4 is 5.32 Å². The lowest BCUT2D eigenvalue weighted by atomic mass is 9.78. The third-order valence-electron chi connectivity index (χ3n) is 6.68. The number of carboxylic acids is 1. The molecule has 1 fully saturated rings. The van der Waals surface area contributed by atoms with Crippen LogP contribution in [0, 0.1) is 5.92 Å². The molecular weight excluding hydrogens is 448 g/mol. The van der Waals surface area contributed by atoms with E-state index in [0.29, 0.717) is 13.1 Å². The van der Waals surface area contributed by atoms with Crippen LogP contribution in [0.25, 0.3) is 11.1 Å². The average Bonchev–Trinajstić information content (AvgIpc) is 3.03. The number of alkyl carbamates (subject to hydrolysis) is 1. The number of likely N-dealkylation sites (tertiary alicyclic amines) is 1. The lowest BCUT2D eigenvalue weighted by Gasteiger charge is -2.48. The minimum absolute atomic E-state index is 0.0924. The second-order valence-corrected chi connectivity index (χ2v) is 10.5. The van der Waals surface area contributed by atoms with Gasteiger partial charge in [0.05, 0.1) is 12.0 Å². The molecule has 0 bridgehead atoms. The first-order valence-electron chi connectivity index (χ1n) is 11.8. The van der Waals surface area contributed by atoms with E-state index in [2.05, 4.69) is 17.4 Å². The quantitative estimate of drug-likeness (QED) is 0.625. The SMILES string of the molecule is CC(C)(C)OC(=O)N1CC(C(C)(CC(=O)O)NC(=O)OCC2c3ccccc3-c3ccccc32)C1. The van der Waals surface area contributed by atoms with E-state index in [1.807, 2.05) is 36.4 Å². The third-order valence-corrected chi connectivity index (χ3v) is 6.68. The highest BCUT2D eigenvalue weighted by Gasteiger charge is 2.47. The van der Waals surface area contributed by atoms with Gasteiger partial charge >= 0.3 is 18.2 Å². The Kier molecular flexibility index (Phi) is 6.49. The fourth-order valence-corrected chi connectivity index (χ4v) is 4.83. The summed E-state index contributed by atoms with van der Waals surface area (Å²) in [5.74, 6) is -1.38. The number of carbonyl (C=O) groups is 3. The first kappa shape index (κ1) is 24.6. The Morgan fingerprint density at radius 2 is 1.51 bits per heavy atom. The molecule has 2 aromatic rings. The number of carbonyl (C=O) groups excluding carboxylic acids is 2. The molecule has 0 radical (unpaired) electrons. The Morgan fingerprint density at radius 3 is 2.03 bits per heavy atom. The van der Waals surface area contributed by atoms with Crippen molar-refractivity contribution in [2.24, 2.45) is 5.92 Å². The van der Waals surface area contributed by atoms with Crippen molar-refractivity contribution in [3.05, 3.63) is 59.7 Å². The molecule has 8 heteroatoms. The van der Waals surface area contributed by atoms with Crippen LogP contribution in [-0.4, -0.2) is 59.0 Å². The molecule has 2 N–H and O–H groups in total. The zero-order valence-electron chi connectivity index (χ0n) is 20.5.